The second-order valence-corrected chi connectivity index (χ2v) is 1.84. The van der Waals surface area contributed by atoms with E-state index in [9.17, 15) is 4.79 Å². The Kier molecular flexibility index (Phi) is 2.17. The second-order valence-electron chi connectivity index (χ2n) is 1.84. The average Bonchev–Trinajstić information content (AvgIpc) is 1.94. The molecule has 1 rings (SSSR count). The van der Waals surface area contributed by atoms with Crippen LogP contribution in [-0.4, -0.2) is 21.7 Å². The van der Waals surface area contributed by atoms with Crippen molar-refractivity contribution in [2.75, 3.05) is 6.61 Å². The SMILES string of the molecule is O=c1[nH]ccnc1CCO. The lowest BCUT2D eigenvalue weighted by atomic mass is 10.3. The summed E-state index contributed by atoms with van der Waals surface area (Å²) in [6.45, 7) is -0.0416. The maximum Gasteiger partial charge on any atom is 0.269 e. The van der Waals surface area contributed by atoms with E-state index in [1.165, 1.54) is 12.4 Å². The molecule has 0 atom stereocenters. The van der Waals surface area contributed by atoms with Crippen LogP contribution in [0.2, 0.25) is 0 Å². The number of nitrogens with one attached hydrogen (secondary N) is 1. The minimum atomic E-state index is -0.225. The van der Waals surface area contributed by atoms with Crippen molar-refractivity contribution in [1.29, 1.82) is 0 Å². The topological polar surface area (TPSA) is 66.0 Å². The third-order valence-corrected chi connectivity index (χ3v) is 1.13. The summed E-state index contributed by atoms with van der Waals surface area (Å²) >= 11 is 0. The molecule has 0 aromatic carbocycles. The van der Waals surface area contributed by atoms with Gasteiger partial charge in [-0.1, -0.05) is 0 Å². The number of rotatable bonds is 2. The molecule has 0 saturated carbocycles. The molecular formula is C6H8N2O2. The van der Waals surface area contributed by atoms with Gasteiger partial charge in [-0.3, -0.25) is 9.78 Å². The van der Waals surface area contributed by atoms with Gasteiger partial charge in [0.15, 0.2) is 0 Å². The van der Waals surface area contributed by atoms with Gasteiger partial charge in [-0.25, -0.2) is 0 Å². The molecule has 0 spiro atoms. The van der Waals surface area contributed by atoms with Crippen molar-refractivity contribution < 1.29 is 5.11 Å². The molecule has 1 aromatic heterocycles. The van der Waals surface area contributed by atoms with Crippen molar-refractivity contribution in [1.82, 2.24) is 9.97 Å². The van der Waals surface area contributed by atoms with Crippen LogP contribution in [0.3, 0.4) is 0 Å². The van der Waals surface area contributed by atoms with E-state index in [2.05, 4.69) is 9.97 Å². The van der Waals surface area contributed by atoms with Gasteiger partial charge in [-0.2, -0.15) is 0 Å². The van der Waals surface area contributed by atoms with Crippen LogP contribution in [0, 0.1) is 0 Å². The molecule has 0 aliphatic heterocycles. The van der Waals surface area contributed by atoms with Crippen LogP contribution < -0.4 is 5.56 Å². The Labute approximate surface area is 57.6 Å². The van der Waals surface area contributed by atoms with E-state index in [0.717, 1.165) is 0 Å². The first kappa shape index (κ1) is 6.95. The van der Waals surface area contributed by atoms with E-state index < -0.39 is 0 Å². The monoisotopic (exact) mass is 140 g/mol. The summed E-state index contributed by atoms with van der Waals surface area (Å²) in [6.07, 6.45) is 3.27. The summed E-state index contributed by atoms with van der Waals surface area (Å²) in [7, 11) is 0. The van der Waals surface area contributed by atoms with Crippen LogP contribution in [0.1, 0.15) is 5.69 Å². The number of aliphatic hydroxyl groups excluding tert-OH is 1. The highest BCUT2D eigenvalue weighted by atomic mass is 16.3. The van der Waals surface area contributed by atoms with E-state index in [1.807, 2.05) is 0 Å². The van der Waals surface area contributed by atoms with Gasteiger partial charge >= 0.3 is 0 Å². The molecular weight excluding hydrogens is 132 g/mol. The van der Waals surface area contributed by atoms with Gasteiger partial charge in [0.05, 0.1) is 0 Å². The number of hydrogen-bond donors (Lipinski definition) is 2. The predicted octanol–water partition coefficient (Wildman–Crippen LogP) is -0.695. The van der Waals surface area contributed by atoms with Crippen LogP contribution >= 0.6 is 0 Å². The third-order valence-electron chi connectivity index (χ3n) is 1.13. The molecule has 54 valence electrons. The fraction of sp³-hybridized carbons (Fsp3) is 0.333. The van der Waals surface area contributed by atoms with Crippen LogP contribution in [0.25, 0.3) is 0 Å². The first-order chi connectivity index (χ1) is 4.84. The molecule has 0 fully saturated rings. The highest BCUT2D eigenvalue weighted by Crippen LogP contribution is 1.81. The van der Waals surface area contributed by atoms with Crippen LogP contribution in [0.5, 0.6) is 0 Å². The third kappa shape index (κ3) is 1.41. The van der Waals surface area contributed by atoms with Crippen molar-refractivity contribution in [3.05, 3.63) is 28.4 Å². The first-order valence-corrected chi connectivity index (χ1v) is 2.98. The number of H-pyrrole nitrogens is 1. The maximum atomic E-state index is 10.8. The van der Waals surface area contributed by atoms with Crippen LogP contribution in [0.4, 0.5) is 0 Å². The number of hydrogen-bond acceptors (Lipinski definition) is 3. The average molecular weight is 140 g/mol. The van der Waals surface area contributed by atoms with E-state index in [4.69, 9.17) is 5.11 Å². The number of aliphatic hydroxyl groups is 1. The Morgan fingerprint density at radius 3 is 3.10 bits per heavy atom. The van der Waals surface area contributed by atoms with Crippen LogP contribution in [-0.2, 0) is 6.42 Å². The van der Waals surface area contributed by atoms with Gasteiger partial charge in [0.1, 0.15) is 5.69 Å². The lowest BCUT2D eigenvalue weighted by molar-refractivity contribution is 0.297. The lowest BCUT2D eigenvalue weighted by Crippen LogP contribution is -2.14. The number of nitrogens with zero attached hydrogens (tertiary/aromatic N) is 1. The molecule has 1 heterocycles. The number of aromatic amines is 1. The van der Waals surface area contributed by atoms with Gasteiger partial charge in [-0.05, 0) is 0 Å². The number of aromatic nitrogens is 2. The molecule has 2 N–H and O–H groups in total. The van der Waals surface area contributed by atoms with Crippen molar-refractivity contribution in [3.63, 3.8) is 0 Å². The Morgan fingerprint density at radius 2 is 2.50 bits per heavy atom. The molecule has 1 aromatic rings. The van der Waals surface area contributed by atoms with E-state index in [1.54, 1.807) is 0 Å². The molecule has 4 nitrogen and oxygen atoms in total. The Morgan fingerprint density at radius 1 is 1.70 bits per heavy atom. The van der Waals surface area contributed by atoms with E-state index in [0.29, 0.717) is 12.1 Å². The Bertz CT molecular complexity index is 256. The minimum absolute atomic E-state index is 0.0416. The Hall–Kier alpha value is -1.16. The lowest BCUT2D eigenvalue weighted by Gasteiger charge is -1.91. The maximum absolute atomic E-state index is 10.8. The summed E-state index contributed by atoms with van der Waals surface area (Å²) < 4.78 is 0. The van der Waals surface area contributed by atoms with E-state index >= 15 is 0 Å². The predicted molar refractivity (Wildman–Crippen MR) is 35.6 cm³/mol. The molecule has 0 aliphatic rings. The minimum Gasteiger partial charge on any atom is -0.396 e. The Balaban J connectivity index is 2.92. The fourth-order valence-corrected chi connectivity index (χ4v) is 0.666. The van der Waals surface area contributed by atoms with Crippen molar-refractivity contribution >= 4 is 0 Å². The molecule has 0 saturated heterocycles. The molecule has 0 amide bonds. The molecule has 0 unspecified atom stereocenters. The summed E-state index contributed by atoms with van der Waals surface area (Å²) in [5.41, 5.74) is 0.154. The summed E-state index contributed by atoms with van der Waals surface area (Å²) in [4.78, 5) is 17.0. The molecule has 0 aliphatic carbocycles. The van der Waals surface area contributed by atoms with Crippen LogP contribution in [0.15, 0.2) is 17.2 Å². The van der Waals surface area contributed by atoms with Gasteiger partial charge < -0.3 is 10.1 Å². The first-order valence-electron chi connectivity index (χ1n) is 2.98. The zero-order chi connectivity index (χ0) is 7.40. The molecule has 4 heteroatoms. The van der Waals surface area contributed by atoms with Crippen molar-refractivity contribution in [2.24, 2.45) is 0 Å². The zero-order valence-electron chi connectivity index (χ0n) is 5.37. The molecule has 0 bridgehead atoms. The van der Waals surface area contributed by atoms with E-state index in [-0.39, 0.29) is 12.2 Å². The highest BCUT2D eigenvalue weighted by Gasteiger charge is 1.96. The largest absolute Gasteiger partial charge is 0.396 e. The summed E-state index contributed by atoms with van der Waals surface area (Å²) in [5.74, 6) is 0. The molecule has 10 heavy (non-hydrogen) atoms. The normalized spacial score (nSPS) is 9.70. The smallest absolute Gasteiger partial charge is 0.269 e. The van der Waals surface area contributed by atoms with Gasteiger partial charge in [0, 0.05) is 25.4 Å². The van der Waals surface area contributed by atoms with Gasteiger partial charge in [0.2, 0.25) is 0 Å². The highest BCUT2D eigenvalue weighted by molar-refractivity contribution is 4.95. The fourth-order valence-electron chi connectivity index (χ4n) is 0.666. The van der Waals surface area contributed by atoms with Crippen molar-refractivity contribution in [2.45, 2.75) is 6.42 Å². The summed E-state index contributed by atoms with van der Waals surface area (Å²) in [5, 5.41) is 8.45. The molecule has 0 radical (unpaired) electrons. The van der Waals surface area contributed by atoms with Gasteiger partial charge in [0.25, 0.3) is 5.56 Å². The summed E-state index contributed by atoms with van der Waals surface area (Å²) in [6, 6.07) is 0. The quantitative estimate of drug-likeness (QED) is 0.571. The van der Waals surface area contributed by atoms with Crippen molar-refractivity contribution in [3.8, 4) is 0 Å². The standard InChI is InChI=1S/C6H8N2O2/c9-4-1-5-6(10)8-3-2-7-5/h2-3,9H,1,4H2,(H,8,10). The zero-order valence-corrected chi connectivity index (χ0v) is 5.37. The second kappa shape index (κ2) is 3.12. The van der Waals surface area contributed by atoms with Gasteiger partial charge in [-0.15, -0.1) is 0 Å².